The summed E-state index contributed by atoms with van der Waals surface area (Å²) >= 11 is 3.36. The van der Waals surface area contributed by atoms with Crippen LogP contribution in [0.3, 0.4) is 0 Å². The van der Waals surface area contributed by atoms with Gasteiger partial charge in [0, 0.05) is 11.5 Å². The first kappa shape index (κ1) is 17.0. The summed E-state index contributed by atoms with van der Waals surface area (Å²) in [6.07, 6.45) is 0. The average Bonchev–Trinajstić information content (AvgIpc) is 2.56. The van der Waals surface area contributed by atoms with Gasteiger partial charge in [0.15, 0.2) is 0 Å². The molecule has 5 nitrogen and oxygen atoms in total. The molecule has 23 heavy (non-hydrogen) atoms. The minimum atomic E-state index is -0.275. The number of para-hydroxylation sites is 2. The van der Waals surface area contributed by atoms with Gasteiger partial charge in [-0.05, 0) is 40.2 Å². The van der Waals surface area contributed by atoms with Gasteiger partial charge >= 0.3 is 0 Å². The fourth-order valence-corrected chi connectivity index (χ4v) is 2.45. The number of carbonyl (C=O) groups is 2. The lowest BCUT2D eigenvalue weighted by atomic mass is 10.2. The van der Waals surface area contributed by atoms with Crippen molar-refractivity contribution in [1.82, 2.24) is 4.90 Å². The van der Waals surface area contributed by atoms with Gasteiger partial charge in [0.05, 0.1) is 24.9 Å². The van der Waals surface area contributed by atoms with E-state index in [-0.39, 0.29) is 18.4 Å². The van der Waals surface area contributed by atoms with Crippen LogP contribution in [-0.2, 0) is 4.79 Å². The molecule has 0 atom stereocenters. The lowest BCUT2D eigenvalue weighted by Gasteiger charge is -2.18. The third-order valence-corrected chi connectivity index (χ3v) is 3.90. The fraction of sp³-hybridized carbons (Fsp3) is 0.176. The number of nitrogens with zero attached hydrogens (tertiary/aromatic N) is 1. The zero-order valence-corrected chi connectivity index (χ0v) is 14.5. The summed E-state index contributed by atoms with van der Waals surface area (Å²) in [5, 5.41) is 2.77. The number of halogens is 1. The molecule has 0 spiro atoms. The summed E-state index contributed by atoms with van der Waals surface area (Å²) in [6, 6.07) is 14.2. The largest absolute Gasteiger partial charge is 0.496 e. The van der Waals surface area contributed by atoms with Gasteiger partial charge < -0.3 is 15.0 Å². The number of hydrogen-bond donors (Lipinski definition) is 1. The van der Waals surface area contributed by atoms with Gasteiger partial charge in [0.25, 0.3) is 5.91 Å². The third kappa shape index (κ3) is 4.32. The van der Waals surface area contributed by atoms with E-state index in [4.69, 9.17) is 4.74 Å². The molecule has 0 heterocycles. The first-order valence-electron chi connectivity index (χ1n) is 6.95. The lowest BCUT2D eigenvalue weighted by Crippen LogP contribution is -2.35. The number of hydrogen-bond acceptors (Lipinski definition) is 3. The standard InChI is InChI=1S/C17H17BrN2O3/c1-20(17(22)12-7-3-6-10-15(12)23-2)11-16(21)19-14-9-5-4-8-13(14)18/h3-10H,11H2,1-2H3,(H,19,21). The number of benzene rings is 2. The molecule has 6 heteroatoms. The SMILES string of the molecule is COc1ccccc1C(=O)N(C)CC(=O)Nc1ccccc1Br. The Bertz CT molecular complexity index is 718. The van der Waals surface area contributed by atoms with Crippen molar-refractivity contribution in [3.8, 4) is 5.75 Å². The van der Waals surface area contributed by atoms with Crippen molar-refractivity contribution in [1.29, 1.82) is 0 Å². The zero-order valence-electron chi connectivity index (χ0n) is 12.9. The summed E-state index contributed by atoms with van der Waals surface area (Å²) in [6.45, 7) is -0.0573. The predicted octanol–water partition coefficient (Wildman–Crippen LogP) is 3.17. The maximum absolute atomic E-state index is 12.4. The smallest absolute Gasteiger partial charge is 0.257 e. The zero-order chi connectivity index (χ0) is 16.8. The number of likely N-dealkylation sites (N-methyl/N-ethyl adjacent to an activating group) is 1. The number of nitrogens with one attached hydrogen (secondary N) is 1. The lowest BCUT2D eigenvalue weighted by molar-refractivity contribution is -0.116. The summed E-state index contributed by atoms with van der Waals surface area (Å²) in [7, 11) is 3.08. The number of anilines is 1. The van der Waals surface area contributed by atoms with Crippen LogP contribution < -0.4 is 10.1 Å². The number of amides is 2. The summed E-state index contributed by atoms with van der Waals surface area (Å²) in [5.74, 6) is -0.0667. The molecule has 0 radical (unpaired) electrons. The maximum Gasteiger partial charge on any atom is 0.257 e. The van der Waals surface area contributed by atoms with E-state index in [1.54, 1.807) is 37.4 Å². The van der Waals surface area contributed by atoms with Gasteiger partial charge in [-0.25, -0.2) is 0 Å². The second-order valence-corrected chi connectivity index (χ2v) is 5.74. The Morgan fingerprint density at radius 2 is 1.78 bits per heavy atom. The van der Waals surface area contributed by atoms with E-state index in [1.807, 2.05) is 18.2 Å². The topological polar surface area (TPSA) is 58.6 Å². The van der Waals surface area contributed by atoms with Crippen LogP contribution in [0, 0.1) is 0 Å². The van der Waals surface area contributed by atoms with Gasteiger partial charge in [0.2, 0.25) is 5.91 Å². The first-order chi connectivity index (χ1) is 11.0. The van der Waals surface area contributed by atoms with Crippen LogP contribution in [0.4, 0.5) is 5.69 Å². The van der Waals surface area contributed by atoms with Crippen molar-refractivity contribution in [2.24, 2.45) is 0 Å². The molecule has 0 unspecified atom stereocenters. The quantitative estimate of drug-likeness (QED) is 0.871. The molecule has 0 saturated heterocycles. The van der Waals surface area contributed by atoms with Gasteiger partial charge in [-0.1, -0.05) is 24.3 Å². The van der Waals surface area contributed by atoms with Crippen molar-refractivity contribution in [3.05, 3.63) is 58.6 Å². The number of rotatable bonds is 5. The molecule has 0 fully saturated rings. The van der Waals surface area contributed by atoms with Gasteiger partial charge in [-0.3, -0.25) is 9.59 Å². The number of methoxy groups -OCH3 is 1. The second-order valence-electron chi connectivity index (χ2n) is 4.89. The molecule has 0 aliphatic rings. The average molecular weight is 377 g/mol. The van der Waals surface area contributed by atoms with E-state index >= 15 is 0 Å². The Labute approximate surface area is 143 Å². The van der Waals surface area contributed by atoms with E-state index in [1.165, 1.54) is 12.0 Å². The Morgan fingerprint density at radius 3 is 2.48 bits per heavy atom. The van der Waals surface area contributed by atoms with Crippen LogP contribution in [-0.4, -0.2) is 37.4 Å². The Kier molecular flexibility index (Phi) is 5.76. The van der Waals surface area contributed by atoms with Crippen LogP contribution in [0.25, 0.3) is 0 Å². The van der Waals surface area contributed by atoms with Crippen LogP contribution >= 0.6 is 15.9 Å². The highest BCUT2D eigenvalue weighted by Gasteiger charge is 2.18. The van der Waals surface area contributed by atoms with Crippen molar-refractivity contribution in [2.75, 3.05) is 26.0 Å². The highest BCUT2D eigenvalue weighted by molar-refractivity contribution is 9.10. The second kappa shape index (κ2) is 7.78. The molecule has 1 N–H and O–H groups in total. The molecule has 120 valence electrons. The highest BCUT2D eigenvalue weighted by Crippen LogP contribution is 2.21. The minimum Gasteiger partial charge on any atom is -0.496 e. The van der Waals surface area contributed by atoms with E-state index in [2.05, 4.69) is 21.2 Å². The monoisotopic (exact) mass is 376 g/mol. The van der Waals surface area contributed by atoms with Crippen molar-refractivity contribution in [3.63, 3.8) is 0 Å². The van der Waals surface area contributed by atoms with Crippen molar-refractivity contribution in [2.45, 2.75) is 0 Å². The Morgan fingerprint density at radius 1 is 1.13 bits per heavy atom. The molecule has 0 bridgehead atoms. The molecule has 0 aromatic heterocycles. The Hall–Kier alpha value is -2.34. The van der Waals surface area contributed by atoms with Crippen molar-refractivity contribution < 1.29 is 14.3 Å². The van der Waals surface area contributed by atoms with E-state index in [0.717, 1.165) is 4.47 Å². The molecule has 2 aromatic rings. The van der Waals surface area contributed by atoms with Crippen LogP contribution in [0.1, 0.15) is 10.4 Å². The summed E-state index contributed by atoms with van der Waals surface area (Å²) in [5.41, 5.74) is 1.09. The van der Waals surface area contributed by atoms with E-state index in [9.17, 15) is 9.59 Å². The normalized spacial score (nSPS) is 10.0. The van der Waals surface area contributed by atoms with Crippen LogP contribution in [0.5, 0.6) is 5.75 Å². The molecule has 2 rings (SSSR count). The number of carbonyl (C=O) groups excluding carboxylic acids is 2. The van der Waals surface area contributed by atoms with Gasteiger partial charge in [0.1, 0.15) is 5.75 Å². The van der Waals surface area contributed by atoms with Crippen LogP contribution in [0.2, 0.25) is 0 Å². The maximum atomic E-state index is 12.4. The van der Waals surface area contributed by atoms with Gasteiger partial charge in [-0.2, -0.15) is 0 Å². The third-order valence-electron chi connectivity index (χ3n) is 3.21. The Balaban J connectivity index is 2.03. The first-order valence-corrected chi connectivity index (χ1v) is 7.75. The highest BCUT2D eigenvalue weighted by atomic mass is 79.9. The number of ether oxygens (including phenoxy) is 1. The minimum absolute atomic E-state index is 0.0573. The van der Waals surface area contributed by atoms with E-state index in [0.29, 0.717) is 17.0 Å². The predicted molar refractivity (Wildman–Crippen MR) is 92.7 cm³/mol. The van der Waals surface area contributed by atoms with Gasteiger partial charge in [-0.15, -0.1) is 0 Å². The van der Waals surface area contributed by atoms with Crippen molar-refractivity contribution >= 4 is 33.4 Å². The molecule has 0 aliphatic heterocycles. The summed E-state index contributed by atoms with van der Waals surface area (Å²) < 4.78 is 5.96. The molecule has 2 amide bonds. The van der Waals surface area contributed by atoms with E-state index < -0.39 is 0 Å². The molecular weight excluding hydrogens is 360 g/mol. The fourth-order valence-electron chi connectivity index (χ4n) is 2.07. The molecule has 0 saturated carbocycles. The summed E-state index contributed by atoms with van der Waals surface area (Å²) in [4.78, 5) is 25.9. The molecule has 0 aliphatic carbocycles. The molecule has 2 aromatic carbocycles. The van der Waals surface area contributed by atoms with Crippen LogP contribution in [0.15, 0.2) is 53.0 Å². The molecular formula is C17H17BrN2O3.